The van der Waals surface area contributed by atoms with E-state index in [4.69, 9.17) is 4.99 Å². The zero-order valence-corrected chi connectivity index (χ0v) is 13.7. The maximum Gasteiger partial charge on any atom is 0.0781 e. The molecule has 0 saturated heterocycles. The summed E-state index contributed by atoms with van der Waals surface area (Å²) in [5, 5.41) is 3.69. The van der Waals surface area contributed by atoms with E-state index in [0.717, 1.165) is 17.9 Å². The van der Waals surface area contributed by atoms with Gasteiger partial charge in [-0.25, -0.2) is 0 Å². The van der Waals surface area contributed by atoms with Gasteiger partial charge >= 0.3 is 0 Å². The normalized spacial score (nSPS) is 15.9. The molecule has 1 heterocycles. The van der Waals surface area contributed by atoms with Gasteiger partial charge in [0.1, 0.15) is 0 Å². The Morgan fingerprint density at radius 3 is 2.33 bits per heavy atom. The average molecular weight is 312 g/mol. The van der Waals surface area contributed by atoms with Gasteiger partial charge in [-0.05, 0) is 24.1 Å². The molecule has 24 heavy (non-hydrogen) atoms. The molecule has 0 bridgehead atoms. The smallest absolute Gasteiger partial charge is 0.0781 e. The highest BCUT2D eigenvalue weighted by Gasteiger charge is 2.27. The highest BCUT2D eigenvalue weighted by Crippen LogP contribution is 2.36. The number of fused-ring (bicyclic) bond motifs is 1. The molecule has 1 aliphatic rings. The van der Waals surface area contributed by atoms with Crippen LogP contribution < -0.4 is 5.32 Å². The van der Waals surface area contributed by atoms with Crippen molar-refractivity contribution in [2.75, 3.05) is 0 Å². The molecule has 2 nitrogen and oxygen atoms in total. The molecule has 0 spiro atoms. The van der Waals surface area contributed by atoms with E-state index in [-0.39, 0.29) is 6.04 Å². The van der Waals surface area contributed by atoms with E-state index >= 15 is 0 Å². The van der Waals surface area contributed by atoms with Gasteiger partial charge in [0.15, 0.2) is 0 Å². The SMILES string of the molecule is Cc1ccc(C2=Nc3ccccc3C2NCc2ccccc2)cc1. The van der Waals surface area contributed by atoms with Crippen LogP contribution in [0.15, 0.2) is 83.9 Å². The van der Waals surface area contributed by atoms with E-state index in [1.807, 2.05) is 6.07 Å². The lowest BCUT2D eigenvalue weighted by Gasteiger charge is -2.17. The Kier molecular flexibility index (Phi) is 3.97. The van der Waals surface area contributed by atoms with E-state index in [9.17, 15) is 0 Å². The summed E-state index contributed by atoms with van der Waals surface area (Å²) in [5.74, 6) is 0. The highest BCUT2D eigenvalue weighted by molar-refractivity contribution is 6.09. The van der Waals surface area contributed by atoms with E-state index in [0.29, 0.717) is 0 Å². The highest BCUT2D eigenvalue weighted by atomic mass is 15.0. The molecule has 0 aromatic heterocycles. The van der Waals surface area contributed by atoms with Crippen molar-refractivity contribution in [3.8, 4) is 0 Å². The van der Waals surface area contributed by atoms with Crippen molar-refractivity contribution >= 4 is 11.4 Å². The van der Waals surface area contributed by atoms with Crippen LogP contribution in [0, 0.1) is 6.92 Å². The zero-order valence-electron chi connectivity index (χ0n) is 13.7. The van der Waals surface area contributed by atoms with Gasteiger partial charge in [-0.2, -0.15) is 0 Å². The second kappa shape index (κ2) is 6.42. The molecule has 0 saturated carbocycles. The summed E-state index contributed by atoms with van der Waals surface area (Å²) in [4.78, 5) is 4.90. The lowest BCUT2D eigenvalue weighted by Crippen LogP contribution is -2.26. The van der Waals surface area contributed by atoms with Crippen LogP contribution in [0.1, 0.15) is 28.3 Å². The third-order valence-corrected chi connectivity index (χ3v) is 4.46. The van der Waals surface area contributed by atoms with Gasteiger partial charge in [-0.1, -0.05) is 78.4 Å². The minimum absolute atomic E-state index is 0.129. The van der Waals surface area contributed by atoms with Crippen molar-refractivity contribution in [3.05, 3.63) is 101 Å². The molecule has 0 radical (unpaired) electrons. The molecule has 3 aromatic carbocycles. The molecule has 1 unspecified atom stereocenters. The monoisotopic (exact) mass is 312 g/mol. The third kappa shape index (κ3) is 2.89. The van der Waals surface area contributed by atoms with Crippen LogP contribution >= 0.6 is 0 Å². The number of hydrogen-bond acceptors (Lipinski definition) is 2. The number of nitrogens with one attached hydrogen (secondary N) is 1. The lowest BCUT2D eigenvalue weighted by molar-refractivity contribution is 0.655. The summed E-state index contributed by atoms with van der Waals surface area (Å²) in [6.07, 6.45) is 0. The molecule has 0 aliphatic carbocycles. The summed E-state index contributed by atoms with van der Waals surface area (Å²) in [5.41, 5.74) is 7.16. The van der Waals surface area contributed by atoms with Crippen molar-refractivity contribution in [1.82, 2.24) is 5.32 Å². The maximum atomic E-state index is 4.90. The Morgan fingerprint density at radius 1 is 0.833 bits per heavy atom. The first-order valence-corrected chi connectivity index (χ1v) is 8.33. The predicted molar refractivity (Wildman–Crippen MR) is 99.8 cm³/mol. The van der Waals surface area contributed by atoms with Crippen molar-refractivity contribution in [2.24, 2.45) is 4.99 Å². The second-order valence-electron chi connectivity index (χ2n) is 6.22. The molecule has 1 N–H and O–H groups in total. The zero-order chi connectivity index (χ0) is 16.4. The number of rotatable bonds is 4. The number of para-hydroxylation sites is 1. The molecule has 1 atom stereocenters. The molecule has 1 aliphatic heterocycles. The Labute approximate surface area is 142 Å². The number of aryl methyl sites for hydroxylation is 1. The van der Waals surface area contributed by atoms with Gasteiger partial charge in [-0.15, -0.1) is 0 Å². The largest absolute Gasteiger partial charge is 0.301 e. The molecule has 0 fully saturated rings. The van der Waals surface area contributed by atoms with Crippen LogP contribution in [-0.2, 0) is 6.54 Å². The summed E-state index contributed by atoms with van der Waals surface area (Å²) in [6, 6.07) is 27.7. The second-order valence-corrected chi connectivity index (χ2v) is 6.22. The fourth-order valence-corrected chi connectivity index (χ4v) is 3.15. The van der Waals surface area contributed by atoms with Gasteiger partial charge in [-0.3, -0.25) is 4.99 Å². The van der Waals surface area contributed by atoms with Gasteiger partial charge < -0.3 is 5.32 Å². The summed E-state index contributed by atoms with van der Waals surface area (Å²) < 4.78 is 0. The third-order valence-electron chi connectivity index (χ3n) is 4.46. The standard InChI is InChI=1S/C22H20N2/c1-16-11-13-18(14-12-16)21-22(19-9-5-6-10-20(19)24-21)23-15-17-7-3-2-4-8-17/h2-14,22-23H,15H2,1H3. The first-order valence-electron chi connectivity index (χ1n) is 8.33. The van der Waals surface area contributed by atoms with Crippen LogP contribution in [0.2, 0.25) is 0 Å². The Morgan fingerprint density at radius 2 is 1.54 bits per heavy atom. The minimum Gasteiger partial charge on any atom is -0.301 e. The average Bonchev–Trinajstić information content (AvgIpc) is 3.00. The minimum atomic E-state index is 0.129. The molecule has 2 heteroatoms. The van der Waals surface area contributed by atoms with Gasteiger partial charge in [0.05, 0.1) is 17.4 Å². The number of nitrogens with zero attached hydrogens (tertiary/aromatic N) is 1. The van der Waals surface area contributed by atoms with Crippen molar-refractivity contribution in [2.45, 2.75) is 19.5 Å². The van der Waals surface area contributed by atoms with Crippen LogP contribution in [0.3, 0.4) is 0 Å². The van der Waals surface area contributed by atoms with Crippen molar-refractivity contribution in [1.29, 1.82) is 0 Å². The quantitative estimate of drug-likeness (QED) is 0.723. The van der Waals surface area contributed by atoms with Gasteiger partial charge in [0.2, 0.25) is 0 Å². The molecule has 0 amide bonds. The molecular weight excluding hydrogens is 292 g/mol. The Bertz CT molecular complexity index is 864. The topological polar surface area (TPSA) is 24.4 Å². The predicted octanol–water partition coefficient (Wildman–Crippen LogP) is 4.96. The van der Waals surface area contributed by atoms with Crippen molar-refractivity contribution < 1.29 is 0 Å². The maximum absolute atomic E-state index is 4.90. The fraction of sp³-hybridized carbons (Fsp3) is 0.136. The number of hydrogen-bond donors (Lipinski definition) is 1. The molecular formula is C22H20N2. The van der Waals surface area contributed by atoms with Crippen LogP contribution in [0.5, 0.6) is 0 Å². The fourth-order valence-electron chi connectivity index (χ4n) is 3.15. The van der Waals surface area contributed by atoms with E-state index in [2.05, 4.69) is 85.0 Å². The van der Waals surface area contributed by atoms with Crippen molar-refractivity contribution in [3.63, 3.8) is 0 Å². The van der Waals surface area contributed by atoms with Crippen LogP contribution in [0.25, 0.3) is 0 Å². The van der Waals surface area contributed by atoms with Crippen LogP contribution in [0.4, 0.5) is 5.69 Å². The summed E-state index contributed by atoms with van der Waals surface area (Å²) >= 11 is 0. The first kappa shape index (κ1) is 14.9. The number of aliphatic imine (C=N–C) groups is 1. The van der Waals surface area contributed by atoms with Crippen LogP contribution in [-0.4, -0.2) is 5.71 Å². The van der Waals surface area contributed by atoms with E-state index in [1.54, 1.807) is 0 Å². The Balaban J connectivity index is 1.65. The number of benzene rings is 3. The van der Waals surface area contributed by atoms with E-state index in [1.165, 1.54) is 22.3 Å². The summed E-state index contributed by atoms with van der Waals surface area (Å²) in [6.45, 7) is 2.94. The molecule has 118 valence electrons. The molecule has 4 rings (SSSR count). The Hall–Kier alpha value is -2.71. The van der Waals surface area contributed by atoms with E-state index < -0.39 is 0 Å². The lowest BCUT2D eigenvalue weighted by atomic mass is 9.97. The van der Waals surface area contributed by atoms with Gasteiger partial charge in [0, 0.05) is 12.1 Å². The molecule has 3 aromatic rings. The summed E-state index contributed by atoms with van der Waals surface area (Å²) in [7, 11) is 0. The first-order chi connectivity index (χ1) is 11.8. The van der Waals surface area contributed by atoms with Gasteiger partial charge in [0.25, 0.3) is 0 Å².